The van der Waals surface area contributed by atoms with Crippen LogP contribution in [0.5, 0.6) is 0 Å². The number of hydrogen-bond acceptors (Lipinski definition) is 4. The summed E-state index contributed by atoms with van der Waals surface area (Å²) in [5, 5.41) is 3.41. The van der Waals surface area contributed by atoms with Gasteiger partial charge in [0.05, 0.1) is 6.61 Å². The van der Waals surface area contributed by atoms with E-state index in [9.17, 15) is 14.4 Å². The van der Waals surface area contributed by atoms with Gasteiger partial charge in [-0.05, 0) is 36.8 Å². The molecule has 0 unspecified atom stereocenters. The van der Waals surface area contributed by atoms with E-state index < -0.39 is 6.04 Å². The number of rotatable bonds is 6. The van der Waals surface area contributed by atoms with Crippen LogP contribution in [0, 0.1) is 0 Å². The van der Waals surface area contributed by atoms with E-state index in [4.69, 9.17) is 16.3 Å². The number of benzene rings is 2. The predicted molar refractivity (Wildman–Crippen MR) is 118 cm³/mol. The van der Waals surface area contributed by atoms with Crippen molar-refractivity contribution in [1.29, 1.82) is 0 Å². The van der Waals surface area contributed by atoms with Gasteiger partial charge in [-0.25, -0.2) is 4.79 Å². The number of nitrogens with zero attached hydrogens (tertiary/aromatic N) is 2. The second kappa shape index (κ2) is 10.8. The summed E-state index contributed by atoms with van der Waals surface area (Å²) in [7, 11) is 0. The third-order valence-corrected chi connectivity index (χ3v) is 5.36. The Kier molecular flexibility index (Phi) is 7.89. The first-order valence-electron chi connectivity index (χ1n) is 10.3. The normalized spacial score (nSPS) is 14.6. The largest absolute Gasteiger partial charge is 0.450 e. The summed E-state index contributed by atoms with van der Waals surface area (Å²) >= 11 is 5.91. The van der Waals surface area contributed by atoms with Crippen LogP contribution in [0.15, 0.2) is 54.6 Å². The molecule has 1 fully saturated rings. The highest BCUT2D eigenvalue weighted by molar-refractivity contribution is 6.30. The van der Waals surface area contributed by atoms with Crippen LogP contribution < -0.4 is 5.32 Å². The molecule has 0 saturated carbocycles. The predicted octanol–water partition coefficient (Wildman–Crippen LogP) is 2.98. The molecule has 1 aliphatic heterocycles. The number of piperazine rings is 1. The molecule has 1 heterocycles. The Hall–Kier alpha value is -3.06. The molecule has 0 spiro atoms. The van der Waals surface area contributed by atoms with E-state index in [0.29, 0.717) is 49.8 Å². The summed E-state index contributed by atoms with van der Waals surface area (Å²) in [5.41, 5.74) is 1.38. The molecule has 164 valence electrons. The molecule has 3 rings (SSSR count). The molecule has 0 aliphatic carbocycles. The lowest BCUT2D eigenvalue weighted by Crippen LogP contribution is -2.56. The molecule has 1 saturated heterocycles. The maximum Gasteiger partial charge on any atom is 0.409 e. The molecule has 8 heteroatoms. The van der Waals surface area contributed by atoms with Crippen molar-refractivity contribution in [3.63, 3.8) is 0 Å². The number of nitrogens with one attached hydrogen (secondary N) is 1. The Morgan fingerprint density at radius 2 is 1.58 bits per heavy atom. The Morgan fingerprint density at radius 3 is 2.19 bits per heavy atom. The van der Waals surface area contributed by atoms with Gasteiger partial charge in [0.2, 0.25) is 5.91 Å². The average Bonchev–Trinajstić information content (AvgIpc) is 2.79. The summed E-state index contributed by atoms with van der Waals surface area (Å²) in [6.45, 7) is 3.64. The first-order valence-corrected chi connectivity index (χ1v) is 10.7. The summed E-state index contributed by atoms with van der Waals surface area (Å²) in [4.78, 5) is 41.2. The third kappa shape index (κ3) is 6.21. The highest BCUT2D eigenvalue weighted by Crippen LogP contribution is 2.13. The minimum absolute atomic E-state index is 0.172. The summed E-state index contributed by atoms with van der Waals surface area (Å²) < 4.78 is 5.03. The average molecular weight is 444 g/mol. The SMILES string of the molecule is CCOC(=O)N1CCN(C(=O)[C@H](Cc2ccccc2)NC(=O)c2ccc(Cl)cc2)CC1. The smallest absolute Gasteiger partial charge is 0.409 e. The molecule has 0 bridgehead atoms. The number of halogens is 1. The zero-order valence-corrected chi connectivity index (χ0v) is 18.2. The zero-order valence-electron chi connectivity index (χ0n) is 17.4. The molecule has 2 aromatic carbocycles. The molecule has 3 amide bonds. The molecule has 1 atom stereocenters. The Labute approximate surface area is 186 Å². The van der Waals surface area contributed by atoms with Crippen molar-refractivity contribution in [2.75, 3.05) is 32.8 Å². The Balaban J connectivity index is 1.70. The van der Waals surface area contributed by atoms with Crippen molar-refractivity contribution >= 4 is 29.5 Å². The molecule has 0 radical (unpaired) electrons. The van der Waals surface area contributed by atoms with Gasteiger partial charge in [0, 0.05) is 43.2 Å². The summed E-state index contributed by atoms with van der Waals surface area (Å²) in [6.07, 6.45) is 0.00311. The minimum atomic E-state index is -0.722. The molecule has 1 aliphatic rings. The fourth-order valence-electron chi connectivity index (χ4n) is 3.44. The van der Waals surface area contributed by atoms with Gasteiger partial charge in [0.15, 0.2) is 0 Å². The highest BCUT2D eigenvalue weighted by atomic mass is 35.5. The quantitative estimate of drug-likeness (QED) is 0.744. The van der Waals surface area contributed by atoms with E-state index in [2.05, 4.69) is 5.32 Å². The van der Waals surface area contributed by atoms with Crippen molar-refractivity contribution < 1.29 is 19.1 Å². The first kappa shape index (κ1) is 22.6. The maximum atomic E-state index is 13.3. The van der Waals surface area contributed by atoms with Gasteiger partial charge in [-0.2, -0.15) is 0 Å². The molecule has 7 nitrogen and oxygen atoms in total. The lowest BCUT2D eigenvalue weighted by Gasteiger charge is -2.36. The maximum absolute atomic E-state index is 13.3. The zero-order chi connectivity index (χ0) is 22.2. The fourth-order valence-corrected chi connectivity index (χ4v) is 3.56. The molecule has 31 heavy (non-hydrogen) atoms. The molecule has 1 N–H and O–H groups in total. The van der Waals surface area contributed by atoms with Crippen LogP contribution in [0.25, 0.3) is 0 Å². The van der Waals surface area contributed by atoms with Crippen LogP contribution in [0.2, 0.25) is 5.02 Å². The van der Waals surface area contributed by atoms with Gasteiger partial charge in [0.25, 0.3) is 5.91 Å². The fraction of sp³-hybridized carbons (Fsp3) is 0.348. The van der Waals surface area contributed by atoms with Gasteiger partial charge in [0.1, 0.15) is 6.04 Å². The summed E-state index contributed by atoms with van der Waals surface area (Å²) in [5.74, 6) is -0.509. The van der Waals surface area contributed by atoms with Crippen LogP contribution in [-0.2, 0) is 16.0 Å². The lowest BCUT2D eigenvalue weighted by atomic mass is 10.0. The number of carbonyl (C=O) groups is 3. The summed E-state index contributed by atoms with van der Waals surface area (Å²) in [6, 6.07) is 15.4. The van der Waals surface area contributed by atoms with Crippen LogP contribution >= 0.6 is 11.6 Å². The topological polar surface area (TPSA) is 79.0 Å². The molecular weight excluding hydrogens is 418 g/mol. The number of amides is 3. The van der Waals surface area contributed by atoms with Crippen molar-refractivity contribution in [1.82, 2.24) is 15.1 Å². The van der Waals surface area contributed by atoms with Gasteiger partial charge in [-0.15, -0.1) is 0 Å². The van der Waals surface area contributed by atoms with Gasteiger partial charge in [-0.1, -0.05) is 41.9 Å². The second-order valence-electron chi connectivity index (χ2n) is 7.23. The van der Waals surface area contributed by atoms with Crippen molar-refractivity contribution in [3.8, 4) is 0 Å². The van der Waals surface area contributed by atoms with Gasteiger partial charge in [-0.3, -0.25) is 9.59 Å². The molecular formula is C23H26ClN3O4. The minimum Gasteiger partial charge on any atom is -0.450 e. The van der Waals surface area contributed by atoms with Crippen molar-refractivity contribution in [2.24, 2.45) is 0 Å². The van der Waals surface area contributed by atoms with E-state index >= 15 is 0 Å². The lowest BCUT2D eigenvalue weighted by molar-refractivity contribution is -0.134. The second-order valence-corrected chi connectivity index (χ2v) is 7.67. The third-order valence-electron chi connectivity index (χ3n) is 5.11. The number of carbonyl (C=O) groups excluding carboxylic acids is 3. The first-order chi connectivity index (χ1) is 15.0. The Bertz CT molecular complexity index is 897. The van der Waals surface area contributed by atoms with E-state index in [1.165, 1.54) is 0 Å². The van der Waals surface area contributed by atoms with Gasteiger partial charge < -0.3 is 19.9 Å². The van der Waals surface area contributed by atoms with E-state index in [1.54, 1.807) is 41.0 Å². The van der Waals surface area contributed by atoms with Crippen LogP contribution in [0.1, 0.15) is 22.8 Å². The molecule has 2 aromatic rings. The van der Waals surface area contributed by atoms with Crippen LogP contribution in [0.3, 0.4) is 0 Å². The highest BCUT2D eigenvalue weighted by Gasteiger charge is 2.30. The standard InChI is InChI=1S/C23H26ClN3O4/c1-2-31-23(30)27-14-12-26(13-15-27)22(29)20(16-17-6-4-3-5-7-17)25-21(28)18-8-10-19(24)11-9-18/h3-11,20H,2,12-16H2,1H3,(H,25,28)/t20-/m0/s1. The Morgan fingerprint density at radius 1 is 0.968 bits per heavy atom. The van der Waals surface area contributed by atoms with Crippen molar-refractivity contribution in [2.45, 2.75) is 19.4 Å². The monoisotopic (exact) mass is 443 g/mol. The van der Waals surface area contributed by atoms with E-state index in [0.717, 1.165) is 5.56 Å². The van der Waals surface area contributed by atoms with Crippen LogP contribution in [-0.4, -0.2) is 66.5 Å². The van der Waals surface area contributed by atoms with E-state index in [1.807, 2.05) is 30.3 Å². The van der Waals surface area contributed by atoms with E-state index in [-0.39, 0.29) is 17.9 Å². The van der Waals surface area contributed by atoms with Gasteiger partial charge >= 0.3 is 6.09 Å². The van der Waals surface area contributed by atoms with Crippen LogP contribution in [0.4, 0.5) is 4.79 Å². The molecule has 0 aromatic heterocycles. The number of hydrogen-bond donors (Lipinski definition) is 1. The number of ether oxygens (including phenoxy) is 1. The van der Waals surface area contributed by atoms with Crippen molar-refractivity contribution in [3.05, 3.63) is 70.7 Å².